The van der Waals surface area contributed by atoms with Crippen LogP contribution in [-0.4, -0.2) is 58.9 Å². The van der Waals surface area contributed by atoms with Crippen molar-refractivity contribution in [1.29, 1.82) is 0 Å². The van der Waals surface area contributed by atoms with Crippen LogP contribution in [0.1, 0.15) is 82.6 Å². The number of aliphatic carboxylic acids is 1. The lowest BCUT2D eigenvalue weighted by Crippen LogP contribution is -2.43. The summed E-state index contributed by atoms with van der Waals surface area (Å²) in [6.45, 7) is 1.97. The topological polar surface area (TPSA) is 87.1 Å². The Balaban J connectivity index is 0.000000277. The molecule has 2 bridgehead atoms. The number of fused-ring (bicyclic) bond motifs is 2. The predicted octanol–water partition coefficient (Wildman–Crippen LogP) is 4.92. The number of unbranched alkanes of at least 4 members (excludes halogenated alkanes) is 3. The maximum atomic E-state index is 12.4. The highest BCUT2D eigenvalue weighted by Gasteiger charge is 2.40. The molecule has 2 aliphatic heterocycles. The number of carbonyl (C=O) groups is 2. The minimum atomic E-state index is -0.715. The highest BCUT2D eigenvalue weighted by molar-refractivity contribution is 5.78. The number of esters is 1. The number of carbonyl (C=O) groups excluding carboxylic acids is 1. The largest absolute Gasteiger partial charge is 0.481 e. The fraction of sp³-hybridized carbons (Fsp3) is 0.630. The van der Waals surface area contributed by atoms with Crippen LogP contribution in [0.25, 0.3) is 0 Å². The first-order chi connectivity index (χ1) is 16.0. The fourth-order valence-electron chi connectivity index (χ4n) is 4.66. The summed E-state index contributed by atoms with van der Waals surface area (Å²) in [5.74, 6) is -1.57. The highest BCUT2D eigenvalue weighted by Crippen LogP contribution is 2.36. The molecule has 1 aromatic carbocycles. The van der Waals surface area contributed by atoms with Gasteiger partial charge in [-0.1, -0.05) is 62.2 Å². The first-order valence-corrected chi connectivity index (χ1v) is 12.4. The Morgan fingerprint density at radius 2 is 1.73 bits per heavy atom. The lowest BCUT2D eigenvalue weighted by atomic mass is 9.98. The molecular formula is C27H41NO5. The molecule has 2 N–H and O–H groups in total. The van der Waals surface area contributed by atoms with Gasteiger partial charge in [0.1, 0.15) is 12.0 Å². The molecule has 184 valence electrons. The summed E-state index contributed by atoms with van der Waals surface area (Å²) in [5.41, 5.74) is 0.820. The number of carboxylic acid groups (broad SMARTS) is 1. The Hall–Kier alpha value is -2.18. The van der Waals surface area contributed by atoms with Crippen LogP contribution in [0.2, 0.25) is 0 Å². The number of ether oxygens (including phenoxy) is 1. The van der Waals surface area contributed by atoms with E-state index in [-0.39, 0.29) is 25.1 Å². The van der Waals surface area contributed by atoms with Gasteiger partial charge in [-0.3, -0.25) is 9.59 Å². The monoisotopic (exact) mass is 459 g/mol. The maximum absolute atomic E-state index is 12.4. The van der Waals surface area contributed by atoms with Crippen LogP contribution in [0.4, 0.5) is 0 Å². The maximum Gasteiger partial charge on any atom is 0.316 e. The van der Waals surface area contributed by atoms with Gasteiger partial charge >= 0.3 is 11.9 Å². The van der Waals surface area contributed by atoms with Gasteiger partial charge in [-0.2, -0.15) is 0 Å². The van der Waals surface area contributed by atoms with Gasteiger partial charge in [-0.05, 0) is 57.6 Å². The molecule has 0 saturated carbocycles. The van der Waals surface area contributed by atoms with E-state index in [1.807, 2.05) is 36.4 Å². The minimum Gasteiger partial charge on any atom is -0.481 e. The molecule has 2 saturated heterocycles. The van der Waals surface area contributed by atoms with E-state index in [9.17, 15) is 14.7 Å². The Bertz CT molecular complexity index is 721. The van der Waals surface area contributed by atoms with Crippen molar-refractivity contribution < 1.29 is 24.5 Å². The zero-order chi connectivity index (χ0) is 24.1. The molecule has 0 spiro atoms. The summed E-state index contributed by atoms with van der Waals surface area (Å²) in [6, 6.07) is 10.5. The van der Waals surface area contributed by atoms with E-state index in [4.69, 9.17) is 9.84 Å². The van der Waals surface area contributed by atoms with Gasteiger partial charge in [0.25, 0.3) is 0 Å². The summed E-state index contributed by atoms with van der Waals surface area (Å²) >= 11 is 0. The van der Waals surface area contributed by atoms with Crippen LogP contribution in [0, 0.1) is 0 Å². The van der Waals surface area contributed by atoms with Crippen molar-refractivity contribution in [3.8, 4) is 0 Å². The number of allylic oxidation sites excluding steroid dienone is 2. The molecule has 1 aromatic rings. The summed E-state index contributed by atoms with van der Waals surface area (Å²) in [5, 5.41) is 17.8. The quantitative estimate of drug-likeness (QED) is 0.277. The fourth-order valence-corrected chi connectivity index (χ4v) is 4.66. The predicted molar refractivity (Wildman–Crippen MR) is 130 cm³/mol. The first-order valence-electron chi connectivity index (χ1n) is 12.4. The van der Waals surface area contributed by atoms with Crippen molar-refractivity contribution in [3.05, 3.63) is 48.0 Å². The molecule has 0 radical (unpaired) electrons. The van der Waals surface area contributed by atoms with E-state index in [0.717, 1.165) is 24.8 Å². The standard InChI is InChI=1S/C17H23NO3.C10H18O2/c1-18-13-7-8-14(18)10-15(9-13)21-17(20)16(11-19)12-5-3-2-4-6-12;1-2-3-4-5-6-7-8-9-10(11)12/h2-6,13-16,19H,7-11H2,1H3;6-7H,2-5,8-9H2,1H3,(H,11,12). The number of aliphatic hydroxyl groups is 1. The summed E-state index contributed by atoms with van der Waals surface area (Å²) in [6.07, 6.45) is 14.0. The zero-order valence-electron chi connectivity index (χ0n) is 20.2. The van der Waals surface area contributed by atoms with E-state index < -0.39 is 11.9 Å². The van der Waals surface area contributed by atoms with E-state index in [0.29, 0.717) is 18.5 Å². The molecule has 0 aliphatic carbocycles. The second kappa shape index (κ2) is 14.9. The summed E-state index contributed by atoms with van der Waals surface area (Å²) < 4.78 is 5.70. The van der Waals surface area contributed by atoms with Crippen LogP contribution in [0.5, 0.6) is 0 Å². The van der Waals surface area contributed by atoms with Crippen LogP contribution < -0.4 is 0 Å². The third kappa shape index (κ3) is 9.30. The molecule has 2 aliphatic rings. The Labute approximate surface area is 198 Å². The van der Waals surface area contributed by atoms with Crippen LogP contribution in [0.3, 0.4) is 0 Å². The molecule has 3 atom stereocenters. The van der Waals surface area contributed by atoms with Gasteiger partial charge in [0.15, 0.2) is 0 Å². The number of carboxylic acids is 1. The number of nitrogens with zero attached hydrogens (tertiary/aromatic N) is 1. The van der Waals surface area contributed by atoms with Gasteiger partial charge in [0, 0.05) is 18.5 Å². The molecule has 33 heavy (non-hydrogen) atoms. The van der Waals surface area contributed by atoms with Crippen molar-refractivity contribution in [2.75, 3.05) is 13.7 Å². The van der Waals surface area contributed by atoms with Gasteiger partial charge in [-0.15, -0.1) is 0 Å². The third-order valence-corrected chi connectivity index (χ3v) is 6.67. The average Bonchev–Trinajstić information content (AvgIpc) is 3.00. The third-order valence-electron chi connectivity index (χ3n) is 6.67. The van der Waals surface area contributed by atoms with Gasteiger partial charge in [0.05, 0.1) is 6.61 Å². The normalized spacial score (nSPS) is 23.1. The number of rotatable bonds is 11. The van der Waals surface area contributed by atoms with E-state index >= 15 is 0 Å². The molecule has 6 heteroatoms. The van der Waals surface area contributed by atoms with Gasteiger partial charge in [-0.25, -0.2) is 0 Å². The SMILES string of the molecule is CCCCCC=CCCC(=O)O.CN1C2CCC1CC(OC(=O)C(CO)c1ccccc1)C2. The Morgan fingerprint density at radius 3 is 2.30 bits per heavy atom. The molecular weight excluding hydrogens is 418 g/mol. The number of hydrogen-bond donors (Lipinski definition) is 2. The van der Waals surface area contributed by atoms with Crippen LogP contribution in [-0.2, 0) is 14.3 Å². The number of hydrogen-bond acceptors (Lipinski definition) is 5. The highest BCUT2D eigenvalue weighted by atomic mass is 16.5. The van der Waals surface area contributed by atoms with Crippen molar-refractivity contribution in [1.82, 2.24) is 4.90 Å². The molecule has 2 fully saturated rings. The van der Waals surface area contributed by atoms with Gasteiger partial charge < -0.3 is 19.8 Å². The average molecular weight is 460 g/mol. The molecule has 0 amide bonds. The molecule has 3 rings (SSSR count). The molecule has 0 aromatic heterocycles. The Kier molecular flexibility index (Phi) is 12.2. The smallest absolute Gasteiger partial charge is 0.316 e. The number of benzene rings is 1. The van der Waals surface area contributed by atoms with Gasteiger partial charge in [0.2, 0.25) is 0 Å². The summed E-state index contributed by atoms with van der Waals surface area (Å²) in [7, 11) is 2.17. The van der Waals surface area contributed by atoms with E-state index in [1.165, 1.54) is 32.1 Å². The van der Waals surface area contributed by atoms with E-state index in [2.05, 4.69) is 24.9 Å². The number of aliphatic hydroxyl groups excluding tert-OH is 1. The Morgan fingerprint density at radius 1 is 1.09 bits per heavy atom. The van der Waals surface area contributed by atoms with Crippen LogP contribution in [0.15, 0.2) is 42.5 Å². The lowest BCUT2D eigenvalue weighted by Gasteiger charge is -2.36. The molecule has 6 nitrogen and oxygen atoms in total. The summed E-state index contributed by atoms with van der Waals surface area (Å²) in [4.78, 5) is 24.9. The first kappa shape index (κ1) is 27.1. The second-order valence-corrected chi connectivity index (χ2v) is 9.13. The molecule has 2 heterocycles. The van der Waals surface area contributed by atoms with E-state index in [1.54, 1.807) is 0 Å². The lowest BCUT2D eigenvalue weighted by molar-refractivity contribution is -0.155. The molecule has 3 unspecified atom stereocenters. The van der Waals surface area contributed by atoms with Crippen LogP contribution >= 0.6 is 0 Å². The van der Waals surface area contributed by atoms with Crippen molar-refractivity contribution >= 4 is 11.9 Å². The van der Waals surface area contributed by atoms with Crippen molar-refractivity contribution in [2.24, 2.45) is 0 Å². The number of piperidine rings is 1. The van der Waals surface area contributed by atoms with Crippen molar-refractivity contribution in [2.45, 2.75) is 95.2 Å². The minimum absolute atomic E-state index is 0.00367. The second-order valence-electron chi connectivity index (χ2n) is 9.13. The zero-order valence-corrected chi connectivity index (χ0v) is 20.2. The van der Waals surface area contributed by atoms with Crippen molar-refractivity contribution in [3.63, 3.8) is 0 Å².